The quantitative estimate of drug-likeness (QED) is 0.613. The van der Waals surface area contributed by atoms with Crippen LogP contribution in [0.4, 0.5) is 5.69 Å². The van der Waals surface area contributed by atoms with Crippen molar-refractivity contribution in [1.82, 2.24) is 0 Å². The van der Waals surface area contributed by atoms with Crippen molar-refractivity contribution in [3.05, 3.63) is 29.8 Å². The third-order valence-electron chi connectivity index (χ3n) is 1.81. The maximum absolute atomic E-state index is 11.4. The Kier molecular flexibility index (Phi) is 3.89. The van der Waals surface area contributed by atoms with Crippen molar-refractivity contribution < 1.29 is 17.9 Å². The molecular formula is C10H13NO4S. The first kappa shape index (κ1) is 12.5. The molecule has 0 aliphatic heterocycles. The van der Waals surface area contributed by atoms with Gasteiger partial charge in [0.1, 0.15) is 6.61 Å². The van der Waals surface area contributed by atoms with E-state index in [4.69, 9.17) is 10.5 Å². The Labute approximate surface area is 94.1 Å². The van der Waals surface area contributed by atoms with E-state index in [9.17, 15) is 13.2 Å². The molecule has 88 valence electrons. The molecule has 0 heterocycles. The van der Waals surface area contributed by atoms with Crippen molar-refractivity contribution >= 4 is 21.5 Å². The molecule has 1 aromatic rings. The third kappa shape index (κ3) is 4.31. The highest BCUT2D eigenvalue weighted by atomic mass is 32.2. The zero-order chi connectivity index (χ0) is 12.2. The van der Waals surface area contributed by atoms with Crippen LogP contribution in [-0.4, -0.2) is 33.0 Å². The number of sulfone groups is 1. The minimum Gasteiger partial charge on any atom is -0.461 e. The lowest BCUT2D eigenvalue weighted by Crippen LogP contribution is -2.14. The summed E-state index contributed by atoms with van der Waals surface area (Å²) in [6.07, 6.45) is 1.08. The van der Waals surface area contributed by atoms with Gasteiger partial charge in [0, 0.05) is 11.9 Å². The number of carbonyl (C=O) groups is 1. The fourth-order valence-corrected chi connectivity index (χ4v) is 1.42. The summed E-state index contributed by atoms with van der Waals surface area (Å²) in [4.78, 5) is 11.4. The largest absolute Gasteiger partial charge is 0.461 e. The van der Waals surface area contributed by atoms with E-state index in [2.05, 4.69) is 0 Å². The summed E-state index contributed by atoms with van der Waals surface area (Å²) in [5.74, 6) is -0.753. The SMILES string of the molecule is CS(=O)(=O)CCOC(=O)c1cccc(N)c1. The van der Waals surface area contributed by atoms with Crippen LogP contribution in [0.25, 0.3) is 0 Å². The van der Waals surface area contributed by atoms with Crippen molar-refractivity contribution in [3.63, 3.8) is 0 Å². The second-order valence-electron chi connectivity index (χ2n) is 3.39. The van der Waals surface area contributed by atoms with Gasteiger partial charge in [-0.25, -0.2) is 13.2 Å². The number of esters is 1. The van der Waals surface area contributed by atoms with Crippen molar-refractivity contribution in [1.29, 1.82) is 0 Å². The van der Waals surface area contributed by atoms with Gasteiger partial charge in [0.25, 0.3) is 0 Å². The van der Waals surface area contributed by atoms with E-state index in [-0.39, 0.29) is 12.4 Å². The lowest BCUT2D eigenvalue weighted by molar-refractivity contribution is 0.0529. The van der Waals surface area contributed by atoms with Gasteiger partial charge in [0.15, 0.2) is 9.84 Å². The number of hydrogen-bond donors (Lipinski definition) is 1. The highest BCUT2D eigenvalue weighted by Crippen LogP contribution is 2.07. The van der Waals surface area contributed by atoms with Gasteiger partial charge in [-0.3, -0.25) is 0 Å². The first-order valence-electron chi connectivity index (χ1n) is 4.59. The van der Waals surface area contributed by atoms with E-state index in [0.717, 1.165) is 6.26 Å². The molecule has 0 aromatic heterocycles. The number of nitrogen functional groups attached to an aromatic ring is 1. The summed E-state index contributed by atoms with van der Waals surface area (Å²) in [5, 5.41) is 0. The van der Waals surface area contributed by atoms with E-state index in [1.807, 2.05) is 0 Å². The molecule has 0 saturated heterocycles. The Balaban J connectivity index is 2.54. The van der Waals surface area contributed by atoms with Crippen LogP contribution >= 0.6 is 0 Å². The molecule has 0 fully saturated rings. The summed E-state index contributed by atoms with van der Waals surface area (Å²) in [6.45, 7) is -0.146. The molecular weight excluding hydrogens is 230 g/mol. The first-order chi connectivity index (χ1) is 7.38. The van der Waals surface area contributed by atoms with E-state index >= 15 is 0 Å². The van der Waals surface area contributed by atoms with E-state index in [1.54, 1.807) is 18.2 Å². The number of carbonyl (C=O) groups excluding carboxylic acids is 1. The predicted octanol–water partition coefficient (Wildman–Crippen LogP) is 0.470. The van der Waals surface area contributed by atoms with Crippen LogP contribution in [0, 0.1) is 0 Å². The van der Waals surface area contributed by atoms with Crippen LogP contribution in [-0.2, 0) is 14.6 Å². The molecule has 0 saturated carbocycles. The fourth-order valence-electron chi connectivity index (χ4n) is 1.03. The Morgan fingerprint density at radius 3 is 2.69 bits per heavy atom. The highest BCUT2D eigenvalue weighted by Gasteiger charge is 2.09. The van der Waals surface area contributed by atoms with Crippen LogP contribution in [0.2, 0.25) is 0 Å². The molecule has 0 spiro atoms. The van der Waals surface area contributed by atoms with Gasteiger partial charge in [-0.2, -0.15) is 0 Å². The number of nitrogens with two attached hydrogens (primary N) is 1. The summed E-state index contributed by atoms with van der Waals surface area (Å²) < 4.78 is 26.4. The molecule has 0 unspecified atom stereocenters. The minimum atomic E-state index is -3.11. The van der Waals surface area contributed by atoms with Crippen LogP contribution in [0.15, 0.2) is 24.3 Å². The summed E-state index contributed by atoms with van der Waals surface area (Å²) in [5.41, 5.74) is 6.26. The molecule has 6 heteroatoms. The predicted molar refractivity (Wildman–Crippen MR) is 60.8 cm³/mol. The number of benzene rings is 1. The molecule has 0 bridgehead atoms. The van der Waals surface area contributed by atoms with Crippen LogP contribution in [0.3, 0.4) is 0 Å². The molecule has 0 aliphatic carbocycles. The summed E-state index contributed by atoms with van der Waals surface area (Å²) >= 11 is 0. The monoisotopic (exact) mass is 243 g/mol. The zero-order valence-corrected chi connectivity index (χ0v) is 9.66. The second kappa shape index (κ2) is 4.98. The van der Waals surface area contributed by atoms with Crippen LogP contribution in [0.5, 0.6) is 0 Å². The average molecular weight is 243 g/mol. The Morgan fingerprint density at radius 2 is 2.12 bits per heavy atom. The van der Waals surface area contributed by atoms with Gasteiger partial charge in [0.2, 0.25) is 0 Å². The topological polar surface area (TPSA) is 86.5 Å². The van der Waals surface area contributed by atoms with Crippen molar-refractivity contribution in [2.75, 3.05) is 24.3 Å². The number of ether oxygens (including phenoxy) is 1. The molecule has 16 heavy (non-hydrogen) atoms. The fraction of sp³-hybridized carbons (Fsp3) is 0.300. The smallest absolute Gasteiger partial charge is 0.338 e. The van der Waals surface area contributed by atoms with Crippen LogP contribution in [0.1, 0.15) is 10.4 Å². The molecule has 5 nitrogen and oxygen atoms in total. The third-order valence-corrected chi connectivity index (χ3v) is 2.72. The van der Waals surface area contributed by atoms with E-state index < -0.39 is 15.8 Å². The molecule has 1 aromatic carbocycles. The zero-order valence-electron chi connectivity index (χ0n) is 8.84. The van der Waals surface area contributed by atoms with Gasteiger partial charge in [0.05, 0.1) is 11.3 Å². The van der Waals surface area contributed by atoms with Gasteiger partial charge in [-0.1, -0.05) is 6.07 Å². The first-order valence-corrected chi connectivity index (χ1v) is 6.65. The molecule has 1 rings (SSSR count). The summed E-state index contributed by atoms with van der Waals surface area (Å²) in [7, 11) is -3.11. The molecule has 0 amide bonds. The summed E-state index contributed by atoms with van der Waals surface area (Å²) in [6, 6.07) is 6.30. The van der Waals surface area contributed by atoms with Gasteiger partial charge in [-0.05, 0) is 18.2 Å². The highest BCUT2D eigenvalue weighted by molar-refractivity contribution is 7.90. The van der Waals surface area contributed by atoms with E-state index in [0.29, 0.717) is 11.3 Å². The maximum atomic E-state index is 11.4. The van der Waals surface area contributed by atoms with E-state index in [1.165, 1.54) is 6.07 Å². The van der Waals surface area contributed by atoms with Crippen molar-refractivity contribution in [2.24, 2.45) is 0 Å². The molecule has 2 N–H and O–H groups in total. The molecule has 0 aliphatic rings. The maximum Gasteiger partial charge on any atom is 0.338 e. The van der Waals surface area contributed by atoms with Crippen molar-refractivity contribution in [3.8, 4) is 0 Å². The standard InChI is InChI=1S/C10H13NO4S/c1-16(13,14)6-5-15-10(12)8-3-2-4-9(11)7-8/h2-4,7H,5-6,11H2,1H3. The van der Waals surface area contributed by atoms with Crippen molar-refractivity contribution in [2.45, 2.75) is 0 Å². The Morgan fingerprint density at radius 1 is 1.44 bits per heavy atom. The lowest BCUT2D eigenvalue weighted by atomic mass is 10.2. The van der Waals surface area contributed by atoms with Gasteiger partial charge < -0.3 is 10.5 Å². The number of rotatable bonds is 4. The lowest BCUT2D eigenvalue weighted by Gasteiger charge is -2.04. The Hall–Kier alpha value is -1.56. The normalized spacial score (nSPS) is 11.1. The average Bonchev–Trinajstić information content (AvgIpc) is 2.15. The molecule has 0 radical (unpaired) electrons. The number of anilines is 1. The van der Waals surface area contributed by atoms with Crippen LogP contribution < -0.4 is 5.73 Å². The second-order valence-corrected chi connectivity index (χ2v) is 5.65. The number of hydrogen-bond acceptors (Lipinski definition) is 5. The van der Waals surface area contributed by atoms with Gasteiger partial charge >= 0.3 is 5.97 Å². The minimum absolute atomic E-state index is 0.146. The Bertz CT molecular complexity index is 481. The molecule has 0 atom stereocenters. The van der Waals surface area contributed by atoms with Gasteiger partial charge in [-0.15, -0.1) is 0 Å².